The summed E-state index contributed by atoms with van der Waals surface area (Å²) in [5.74, 6) is -0.804. The molecule has 0 saturated carbocycles. The quantitative estimate of drug-likeness (QED) is 0.819. The summed E-state index contributed by atoms with van der Waals surface area (Å²) in [6, 6.07) is 3.46. The van der Waals surface area contributed by atoms with E-state index >= 15 is 0 Å². The van der Waals surface area contributed by atoms with Crippen molar-refractivity contribution in [2.45, 2.75) is 24.1 Å². The Kier molecular flexibility index (Phi) is 5.22. The topological polar surface area (TPSA) is 69.4 Å². The number of aryl methyl sites for hydroxylation is 1. The lowest BCUT2D eigenvalue weighted by Gasteiger charge is -2.13. The summed E-state index contributed by atoms with van der Waals surface area (Å²) in [7, 11) is -4.28. The Morgan fingerprint density at radius 1 is 1.32 bits per heavy atom. The highest BCUT2D eigenvalue weighted by Gasteiger charge is 2.33. The zero-order valence-corrected chi connectivity index (χ0v) is 12.0. The molecular formula is C10H11BrF3NO3S. The number of rotatable bonds is 5. The summed E-state index contributed by atoms with van der Waals surface area (Å²) in [4.78, 5) is -0.688. The Labute approximate surface area is 116 Å². The van der Waals surface area contributed by atoms with Gasteiger partial charge in [-0.3, -0.25) is 0 Å². The zero-order valence-electron chi connectivity index (χ0n) is 9.58. The minimum Gasteiger partial charge on any atom is -0.404 e. The fourth-order valence-electron chi connectivity index (χ4n) is 1.42. The van der Waals surface area contributed by atoms with E-state index in [4.69, 9.17) is 5.14 Å². The molecule has 0 heterocycles. The van der Waals surface area contributed by atoms with Crippen molar-refractivity contribution in [1.29, 1.82) is 0 Å². The molecule has 0 saturated heterocycles. The van der Waals surface area contributed by atoms with Gasteiger partial charge in [-0.05, 0) is 30.5 Å². The molecule has 0 bridgehead atoms. The van der Waals surface area contributed by atoms with Gasteiger partial charge in [0.1, 0.15) is 10.6 Å². The molecule has 0 aromatic heterocycles. The van der Waals surface area contributed by atoms with Crippen LogP contribution in [0.3, 0.4) is 0 Å². The van der Waals surface area contributed by atoms with Gasteiger partial charge in [-0.15, -0.1) is 13.2 Å². The van der Waals surface area contributed by atoms with Crippen molar-refractivity contribution < 1.29 is 26.3 Å². The second-order valence-electron chi connectivity index (χ2n) is 3.67. The molecule has 1 aromatic carbocycles. The maximum atomic E-state index is 12.2. The second kappa shape index (κ2) is 6.10. The molecule has 0 aliphatic heterocycles. The Hall–Kier alpha value is -0.800. The number of benzene rings is 1. The van der Waals surface area contributed by atoms with E-state index in [1.807, 2.05) is 0 Å². The van der Waals surface area contributed by atoms with Crippen LogP contribution in [0, 0.1) is 0 Å². The maximum Gasteiger partial charge on any atom is 0.573 e. The molecule has 4 nitrogen and oxygen atoms in total. The lowest BCUT2D eigenvalue weighted by Crippen LogP contribution is -2.21. The summed E-state index contributed by atoms with van der Waals surface area (Å²) in [6.07, 6.45) is -3.79. The molecule has 19 heavy (non-hydrogen) atoms. The summed E-state index contributed by atoms with van der Waals surface area (Å²) in [5, 5.41) is 5.52. The number of ether oxygens (including phenoxy) is 1. The summed E-state index contributed by atoms with van der Waals surface area (Å²) in [6.45, 7) is 0. The molecule has 0 fully saturated rings. The van der Waals surface area contributed by atoms with Gasteiger partial charge < -0.3 is 4.74 Å². The van der Waals surface area contributed by atoms with Gasteiger partial charge in [0, 0.05) is 5.33 Å². The van der Waals surface area contributed by atoms with Gasteiger partial charge in [-0.25, -0.2) is 13.6 Å². The summed E-state index contributed by atoms with van der Waals surface area (Å²) >= 11 is 3.19. The zero-order chi connectivity index (χ0) is 14.7. The minimum atomic E-state index is -4.98. The summed E-state index contributed by atoms with van der Waals surface area (Å²) < 4.78 is 62.8. The molecule has 9 heteroatoms. The molecule has 2 N–H and O–H groups in total. The van der Waals surface area contributed by atoms with Crippen molar-refractivity contribution in [1.82, 2.24) is 0 Å². The highest BCUT2D eigenvalue weighted by Crippen LogP contribution is 2.30. The molecule has 0 aliphatic carbocycles. The normalized spacial score (nSPS) is 12.5. The lowest BCUT2D eigenvalue weighted by atomic mass is 10.1. The van der Waals surface area contributed by atoms with E-state index in [9.17, 15) is 21.6 Å². The van der Waals surface area contributed by atoms with Crippen molar-refractivity contribution in [2.24, 2.45) is 5.14 Å². The Bertz CT molecular complexity index is 545. The van der Waals surface area contributed by atoms with Crippen LogP contribution in [0.15, 0.2) is 23.1 Å². The van der Waals surface area contributed by atoms with E-state index in [-0.39, 0.29) is 0 Å². The van der Waals surface area contributed by atoms with Gasteiger partial charge in [0.15, 0.2) is 0 Å². The molecule has 0 radical (unpaired) electrons. The highest BCUT2D eigenvalue weighted by molar-refractivity contribution is 9.09. The van der Waals surface area contributed by atoms with Crippen LogP contribution < -0.4 is 9.88 Å². The van der Waals surface area contributed by atoms with Crippen LogP contribution in [0.5, 0.6) is 5.75 Å². The maximum absolute atomic E-state index is 12.2. The molecule has 1 rings (SSSR count). The molecule has 1 aromatic rings. The molecule has 108 valence electrons. The van der Waals surface area contributed by atoms with Crippen LogP contribution in [-0.2, 0) is 16.4 Å². The Morgan fingerprint density at radius 2 is 1.95 bits per heavy atom. The van der Waals surface area contributed by atoms with E-state index in [0.717, 1.165) is 12.1 Å². The number of sulfonamides is 1. The number of halogens is 4. The molecule has 0 spiro atoms. The van der Waals surface area contributed by atoms with E-state index in [1.54, 1.807) is 0 Å². The first-order valence-corrected chi connectivity index (χ1v) is 7.77. The monoisotopic (exact) mass is 361 g/mol. The van der Waals surface area contributed by atoms with Crippen LogP contribution >= 0.6 is 15.9 Å². The van der Waals surface area contributed by atoms with Crippen LogP contribution in [0.25, 0.3) is 0 Å². The Balaban J connectivity index is 3.19. The second-order valence-corrected chi connectivity index (χ2v) is 5.99. The van der Waals surface area contributed by atoms with Crippen molar-refractivity contribution in [3.05, 3.63) is 23.8 Å². The number of primary sulfonamides is 1. The number of nitrogens with two attached hydrogens (primary N) is 1. The average Bonchev–Trinajstić information content (AvgIpc) is 2.22. The Morgan fingerprint density at radius 3 is 2.42 bits per heavy atom. The van der Waals surface area contributed by atoms with E-state index < -0.39 is 27.0 Å². The van der Waals surface area contributed by atoms with Crippen LogP contribution in [0.4, 0.5) is 13.2 Å². The fraction of sp³-hybridized carbons (Fsp3) is 0.400. The first kappa shape index (κ1) is 16.3. The lowest BCUT2D eigenvalue weighted by molar-refractivity contribution is -0.275. The third kappa shape index (κ3) is 5.37. The average molecular weight is 362 g/mol. The van der Waals surface area contributed by atoms with Crippen molar-refractivity contribution >= 4 is 26.0 Å². The van der Waals surface area contributed by atoms with Gasteiger partial charge in [-0.1, -0.05) is 22.0 Å². The summed E-state index contributed by atoms with van der Waals surface area (Å²) in [5.41, 5.74) is 0.533. The third-order valence-corrected chi connectivity index (χ3v) is 3.65. The number of alkyl halides is 4. The smallest absolute Gasteiger partial charge is 0.404 e. The third-order valence-electron chi connectivity index (χ3n) is 2.14. The fourth-order valence-corrected chi connectivity index (χ4v) is 2.34. The molecule has 0 unspecified atom stereocenters. The van der Waals surface area contributed by atoms with Crippen molar-refractivity contribution in [2.75, 3.05) is 5.33 Å². The first-order valence-electron chi connectivity index (χ1n) is 5.11. The molecule has 0 amide bonds. The van der Waals surface area contributed by atoms with Gasteiger partial charge >= 0.3 is 6.36 Å². The largest absolute Gasteiger partial charge is 0.573 e. The molecule has 0 aliphatic rings. The molecular weight excluding hydrogens is 351 g/mol. The van der Waals surface area contributed by atoms with Gasteiger partial charge in [0.05, 0.1) is 0 Å². The molecule has 0 atom stereocenters. The number of hydrogen-bond acceptors (Lipinski definition) is 3. The first-order chi connectivity index (χ1) is 8.63. The van der Waals surface area contributed by atoms with Crippen LogP contribution in [0.2, 0.25) is 0 Å². The number of hydrogen-bond donors (Lipinski definition) is 1. The van der Waals surface area contributed by atoms with E-state index in [0.29, 0.717) is 23.7 Å². The SMILES string of the molecule is NS(=O)(=O)c1ccc(CCCBr)cc1OC(F)(F)F. The van der Waals surface area contributed by atoms with Gasteiger partial charge in [-0.2, -0.15) is 0 Å². The standard InChI is InChI=1S/C10H11BrF3NO3S/c11-5-1-2-7-3-4-9(19(15,16)17)8(6-7)18-10(12,13)14/h3-4,6H,1-2,5H2,(H2,15,16,17). The van der Waals surface area contributed by atoms with Gasteiger partial charge in [0.25, 0.3) is 0 Å². The van der Waals surface area contributed by atoms with Crippen LogP contribution in [-0.4, -0.2) is 20.1 Å². The van der Waals surface area contributed by atoms with Crippen molar-refractivity contribution in [3.63, 3.8) is 0 Å². The predicted molar refractivity (Wildman–Crippen MR) is 66.6 cm³/mol. The van der Waals surface area contributed by atoms with Crippen LogP contribution in [0.1, 0.15) is 12.0 Å². The predicted octanol–water partition coefficient (Wildman–Crippen LogP) is 2.56. The van der Waals surface area contributed by atoms with Gasteiger partial charge in [0.2, 0.25) is 10.0 Å². The van der Waals surface area contributed by atoms with E-state index in [2.05, 4.69) is 20.7 Å². The highest BCUT2D eigenvalue weighted by atomic mass is 79.9. The van der Waals surface area contributed by atoms with E-state index in [1.165, 1.54) is 6.07 Å². The van der Waals surface area contributed by atoms with Crippen molar-refractivity contribution in [3.8, 4) is 5.75 Å². The minimum absolute atomic E-state index is 0.490.